The van der Waals surface area contributed by atoms with Crippen LogP contribution >= 0.6 is 45.5 Å². The molecule has 0 spiro atoms. The van der Waals surface area contributed by atoms with E-state index in [1.165, 1.54) is 24.5 Å². The van der Waals surface area contributed by atoms with Gasteiger partial charge in [-0.1, -0.05) is 29.8 Å². The van der Waals surface area contributed by atoms with Gasteiger partial charge in [0.15, 0.2) is 11.5 Å². The number of methoxy groups -OCH3 is 1. The summed E-state index contributed by atoms with van der Waals surface area (Å²) in [6.07, 6.45) is 5.11. The van der Waals surface area contributed by atoms with Crippen molar-refractivity contribution in [1.29, 1.82) is 5.26 Å². The zero-order valence-electron chi connectivity index (χ0n) is 21.4. The third-order valence-electron chi connectivity index (χ3n) is 6.14. The number of aryl methyl sites for hydroxylation is 1. The van der Waals surface area contributed by atoms with E-state index in [4.69, 9.17) is 25.8 Å². The molecule has 10 heteroatoms. The summed E-state index contributed by atoms with van der Waals surface area (Å²) in [4.78, 5) is 27.0. The Morgan fingerprint density at radius 2 is 2.00 bits per heavy atom. The van der Waals surface area contributed by atoms with E-state index in [1.807, 2.05) is 24.3 Å². The maximum Gasteiger partial charge on any atom is 0.341 e. The second-order valence-electron chi connectivity index (χ2n) is 8.67. The summed E-state index contributed by atoms with van der Waals surface area (Å²) >= 11 is 9.75. The number of benzene rings is 2. The van der Waals surface area contributed by atoms with Gasteiger partial charge >= 0.3 is 5.97 Å². The number of rotatable bonds is 9. The first-order valence-electron chi connectivity index (χ1n) is 12.3. The first kappa shape index (κ1) is 28.9. The van der Waals surface area contributed by atoms with E-state index in [-0.39, 0.29) is 18.8 Å². The summed E-state index contributed by atoms with van der Waals surface area (Å²) in [5, 5.41) is 13.6. The molecule has 4 rings (SSSR count). The van der Waals surface area contributed by atoms with Crippen LogP contribution in [0.25, 0.3) is 6.08 Å². The number of nitrogens with zero attached hydrogens (tertiary/aromatic N) is 1. The van der Waals surface area contributed by atoms with Crippen LogP contribution in [0.1, 0.15) is 51.7 Å². The third-order valence-corrected chi connectivity index (χ3v) is 8.51. The molecule has 3 aromatic rings. The number of carbonyl (C=O) groups is 2. The Kier molecular flexibility index (Phi) is 9.88. The van der Waals surface area contributed by atoms with Crippen LogP contribution in [0.5, 0.6) is 11.5 Å². The number of nitriles is 1. The number of ether oxygens (including phenoxy) is 3. The molecule has 0 saturated heterocycles. The van der Waals surface area contributed by atoms with E-state index in [0.717, 1.165) is 45.3 Å². The fraction of sp³-hybridized carbons (Fsp3) is 0.276. The maximum absolute atomic E-state index is 13.2. The lowest BCUT2D eigenvalue weighted by molar-refractivity contribution is -0.112. The zero-order chi connectivity index (χ0) is 27.9. The van der Waals surface area contributed by atoms with E-state index in [0.29, 0.717) is 32.6 Å². The zero-order valence-corrected chi connectivity index (χ0v) is 25.2. The molecule has 0 atom stereocenters. The van der Waals surface area contributed by atoms with Crippen molar-refractivity contribution in [2.45, 2.75) is 39.2 Å². The minimum absolute atomic E-state index is 0.112. The van der Waals surface area contributed by atoms with E-state index in [9.17, 15) is 14.9 Å². The summed E-state index contributed by atoms with van der Waals surface area (Å²) in [5.41, 5.74) is 2.65. The Balaban J connectivity index is 1.58. The SMILES string of the molecule is CCOC(=O)c1c(NC(=O)/C(C#N)=C/c2cc(I)c(OCc3ccccc3Cl)c(OC)c2)sc2c1CCCC2. The molecule has 0 fully saturated rings. The molecular weight excluding hydrogens is 651 g/mol. The quantitative estimate of drug-likeness (QED) is 0.112. The van der Waals surface area contributed by atoms with Crippen molar-refractivity contribution >= 4 is 68.5 Å². The Bertz CT molecular complexity index is 1480. The Morgan fingerprint density at radius 1 is 1.23 bits per heavy atom. The fourth-order valence-corrected chi connectivity index (χ4v) is 6.53. The van der Waals surface area contributed by atoms with Crippen molar-refractivity contribution in [3.8, 4) is 17.6 Å². The largest absolute Gasteiger partial charge is 0.493 e. The predicted molar refractivity (Wildman–Crippen MR) is 161 cm³/mol. The number of thiophene rings is 1. The van der Waals surface area contributed by atoms with E-state index >= 15 is 0 Å². The van der Waals surface area contributed by atoms with Crippen LogP contribution < -0.4 is 14.8 Å². The second-order valence-corrected chi connectivity index (χ2v) is 11.3. The van der Waals surface area contributed by atoms with E-state index < -0.39 is 11.9 Å². The number of esters is 1. The highest BCUT2D eigenvalue weighted by atomic mass is 127. The Labute approximate surface area is 249 Å². The van der Waals surface area contributed by atoms with Crippen molar-refractivity contribution in [3.05, 3.63) is 77.7 Å². The molecule has 1 amide bonds. The highest BCUT2D eigenvalue weighted by Crippen LogP contribution is 2.39. The number of hydrogen-bond donors (Lipinski definition) is 1. The highest BCUT2D eigenvalue weighted by Gasteiger charge is 2.28. The predicted octanol–water partition coefficient (Wildman–Crippen LogP) is 7.19. The monoisotopic (exact) mass is 676 g/mol. The number of nitrogens with one attached hydrogen (secondary N) is 1. The number of carbonyl (C=O) groups excluding carboxylic acids is 2. The van der Waals surface area contributed by atoms with Crippen molar-refractivity contribution in [1.82, 2.24) is 0 Å². The van der Waals surface area contributed by atoms with Crippen molar-refractivity contribution in [2.75, 3.05) is 19.0 Å². The molecule has 2 aromatic carbocycles. The molecule has 0 unspecified atom stereocenters. The average Bonchev–Trinajstić information content (AvgIpc) is 3.29. The molecule has 0 saturated carbocycles. The van der Waals surface area contributed by atoms with Gasteiger partial charge in [-0.25, -0.2) is 4.79 Å². The van der Waals surface area contributed by atoms with Crippen molar-refractivity contribution < 1.29 is 23.8 Å². The average molecular weight is 677 g/mol. The first-order chi connectivity index (χ1) is 18.9. The van der Waals surface area contributed by atoms with Crippen molar-refractivity contribution in [3.63, 3.8) is 0 Å². The number of halogens is 2. The number of fused-ring (bicyclic) bond motifs is 1. The molecule has 1 N–H and O–H groups in total. The lowest BCUT2D eigenvalue weighted by Crippen LogP contribution is -2.16. The molecule has 0 radical (unpaired) electrons. The van der Waals surface area contributed by atoms with Gasteiger partial charge in [0.2, 0.25) is 0 Å². The molecule has 7 nitrogen and oxygen atoms in total. The van der Waals surface area contributed by atoms with E-state index in [1.54, 1.807) is 25.1 Å². The molecule has 0 aliphatic heterocycles. The van der Waals surface area contributed by atoms with Crippen molar-refractivity contribution in [2.24, 2.45) is 0 Å². The van der Waals surface area contributed by atoms with Gasteiger partial charge in [-0.3, -0.25) is 4.79 Å². The summed E-state index contributed by atoms with van der Waals surface area (Å²) in [6.45, 7) is 2.23. The Morgan fingerprint density at radius 3 is 2.72 bits per heavy atom. The molecule has 1 heterocycles. The van der Waals surface area contributed by atoms with Gasteiger partial charge in [-0.2, -0.15) is 5.26 Å². The second kappa shape index (κ2) is 13.3. The summed E-state index contributed by atoms with van der Waals surface area (Å²) in [5.74, 6) is -0.0779. The van der Waals surface area contributed by atoms with Crippen LogP contribution in [0.4, 0.5) is 5.00 Å². The number of amides is 1. The van der Waals surface area contributed by atoms with Crippen LogP contribution in [-0.2, 0) is 29.0 Å². The maximum atomic E-state index is 13.2. The fourth-order valence-electron chi connectivity index (χ4n) is 4.29. The molecule has 1 aromatic heterocycles. The number of hydrogen-bond acceptors (Lipinski definition) is 7. The van der Waals surface area contributed by atoms with Crippen LogP contribution in [0.3, 0.4) is 0 Å². The summed E-state index contributed by atoms with van der Waals surface area (Å²) in [6, 6.07) is 12.9. The Hall–Kier alpha value is -3.07. The molecule has 202 valence electrons. The smallest absolute Gasteiger partial charge is 0.341 e. The van der Waals surface area contributed by atoms with Crippen LogP contribution in [0.2, 0.25) is 5.02 Å². The molecule has 1 aliphatic carbocycles. The van der Waals surface area contributed by atoms with Crippen LogP contribution in [0.15, 0.2) is 42.0 Å². The molecule has 39 heavy (non-hydrogen) atoms. The minimum atomic E-state index is -0.602. The molecular formula is C29H26ClIN2O5S. The van der Waals surface area contributed by atoms with Gasteiger partial charge in [0.05, 0.1) is 22.9 Å². The standard InChI is InChI=1S/C29H26ClIN2O5S/c1-3-37-29(35)25-20-9-5-7-11-24(20)39-28(25)33-27(34)19(15-32)12-17-13-22(31)26(23(14-17)36-2)38-16-18-8-4-6-10-21(18)30/h4,6,8,10,12-14H,3,5,7,9,11,16H2,1-2H3,(H,33,34)/b19-12+. The molecule has 1 aliphatic rings. The van der Waals surface area contributed by atoms with Gasteiger partial charge in [0, 0.05) is 15.5 Å². The van der Waals surface area contributed by atoms with Crippen LogP contribution in [0, 0.1) is 14.9 Å². The highest BCUT2D eigenvalue weighted by molar-refractivity contribution is 14.1. The van der Waals surface area contributed by atoms with Gasteiger partial charge in [0.1, 0.15) is 23.3 Å². The lowest BCUT2D eigenvalue weighted by Gasteiger charge is -2.14. The van der Waals surface area contributed by atoms with Gasteiger partial charge in [0.25, 0.3) is 5.91 Å². The molecule has 0 bridgehead atoms. The summed E-state index contributed by atoms with van der Waals surface area (Å²) in [7, 11) is 1.52. The minimum Gasteiger partial charge on any atom is -0.493 e. The lowest BCUT2D eigenvalue weighted by atomic mass is 9.95. The summed E-state index contributed by atoms with van der Waals surface area (Å²) < 4.78 is 17.6. The van der Waals surface area contributed by atoms with Gasteiger partial charge in [-0.15, -0.1) is 11.3 Å². The topological polar surface area (TPSA) is 97.7 Å². The van der Waals surface area contributed by atoms with Gasteiger partial charge in [-0.05, 0) is 90.6 Å². The van der Waals surface area contributed by atoms with Crippen LogP contribution in [-0.4, -0.2) is 25.6 Å². The number of anilines is 1. The van der Waals surface area contributed by atoms with E-state index in [2.05, 4.69) is 27.9 Å². The third kappa shape index (κ3) is 6.75. The van der Waals surface area contributed by atoms with Gasteiger partial charge < -0.3 is 19.5 Å². The first-order valence-corrected chi connectivity index (χ1v) is 14.6. The normalized spacial score (nSPS) is 12.7.